The van der Waals surface area contributed by atoms with E-state index in [9.17, 15) is 0 Å². The molecule has 2 atom stereocenters. The van der Waals surface area contributed by atoms with E-state index in [1.807, 2.05) is 30.5 Å². The van der Waals surface area contributed by atoms with Crippen LogP contribution in [0.1, 0.15) is 20.3 Å². The van der Waals surface area contributed by atoms with Gasteiger partial charge in [0.1, 0.15) is 0 Å². The average molecular weight is 294 g/mol. The second-order valence-electron chi connectivity index (χ2n) is 4.31. The van der Waals surface area contributed by atoms with Gasteiger partial charge in [0.15, 0.2) is 0 Å². The number of nitrogens with one attached hydrogen (secondary N) is 1. The number of hydrogen-bond acceptors (Lipinski definition) is 3. The molecule has 0 amide bonds. The smallest absolute Gasteiger partial charge is 0.223 e. The van der Waals surface area contributed by atoms with Crippen molar-refractivity contribution in [1.29, 1.82) is 0 Å². The molecule has 3 nitrogen and oxygen atoms in total. The van der Waals surface area contributed by atoms with Crippen LogP contribution in [-0.4, -0.2) is 20.8 Å². The Morgan fingerprint density at radius 3 is 2.82 bits per heavy atom. The van der Waals surface area contributed by atoms with Crippen LogP contribution in [0.5, 0.6) is 0 Å². The Balaban J connectivity index is 2.14. The summed E-state index contributed by atoms with van der Waals surface area (Å²) in [4.78, 5) is 9.29. The Labute approximate surface area is 110 Å². The van der Waals surface area contributed by atoms with Crippen LogP contribution in [-0.2, 0) is 0 Å². The number of hydrogen-bond donors (Lipinski definition) is 1. The van der Waals surface area contributed by atoms with Gasteiger partial charge in [-0.05, 0) is 19.4 Å². The normalized spacial score (nSPS) is 14.5. The molecule has 0 saturated heterocycles. The van der Waals surface area contributed by atoms with Crippen molar-refractivity contribution in [2.24, 2.45) is 0 Å². The number of aromatic nitrogens is 2. The van der Waals surface area contributed by atoms with Gasteiger partial charge in [0.05, 0.1) is 5.52 Å². The van der Waals surface area contributed by atoms with Crippen LogP contribution in [0.15, 0.2) is 30.5 Å². The summed E-state index contributed by atoms with van der Waals surface area (Å²) >= 11 is 3.55. The van der Waals surface area contributed by atoms with Crippen LogP contribution in [0.25, 0.3) is 10.9 Å². The van der Waals surface area contributed by atoms with Crippen molar-refractivity contribution in [2.45, 2.75) is 31.1 Å². The number of fused-ring (bicyclic) bond motifs is 1. The van der Waals surface area contributed by atoms with E-state index in [1.54, 1.807) is 0 Å². The molecular formula is C13H16BrN3. The molecule has 4 heteroatoms. The molecule has 17 heavy (non-hydrogen) atoms. The molecule has 1 heterocycles. The Bertz CT molecular complexity index is 499. The summed E-state index contributed by atoms with van der Waals surface area (Å²) < 4.78 is 0. The van der Waals surface area contributed by atoms with Crippen molar-refractivity contribution in [1.82, 2.24) is 9.97 Å². The minimum atomic E-state index is 0.352. The SMILES string of the molecule is CC(Br)CC(C)Nc1ncc2ccccc2n1. The van der Waals surface area contributed by atoms with Crippen molar-refractivity contribution < 1.29 is 0 Å². The number of para-hydroxylation sites is 1. The molecule has 2 rings (SSSR count). The standard InChI is InChI=1S/C13H16BrN3/c1-9(14)7-10(2)16-13-15-8-11-5-3-4-6-12(11)17-13/h3-6,8-10H,7H2,1-2H3,(H,15,16,17). The lowest BCUT2D eigenvalue weighted by Crippen LogP contribution is -2.19. The summed E-state index contributed by atoms with van der Waals surface area (Å²) in [5.41, 5.74) is 0.976. The maximum atomic E-state index is 4.48. The van der Waals surface area contributed by atoms with Crippen LogP contribution in [0.3, 0.4) is 0 Å². The van der Waals surface area contributed by atoms with E-state index in [-0.39, 0.29) is 0 Å². The Hall–Kier alpha value is -1.16. The molecule has 0 saturated carbocycles. The molecule has 0 aliphatic heterocycles. The van der Waals surface area contributed by atoms with E-state index in [1.165, 1.54) is 0 Å². The summed E-state index contributed by atoms with van der Waals surface area (Å²) in [5.74, 6) is 0.698. The van der Waals surface area contributed by atoms with Gasteiger partial charge < -0.3 is 5.32 Å². The van der Waals surface area contributed by atoms with Crippen LogP contribution >= 0.6 is 15.9 Å². The zero-order valence-electron chi connectivity index (χ0n) is 10.0. The molecule has 0 fully saturated rings. The third-order valence-corrected chi connectivity index (χ3v) is 2.92. The van der Waals surface area contributed by atoms with Gasteiger partial charge in [-0.3, -0.25) is 0 Å². The fourth-order valence-electron chi connectivity index (χ4n) is 1.81. The van der Waals surface area contributed by atoms with Crippen molar-refractivity contribution in [2.75, 3.05) is 5.32 Å². The van der Waals surface area contributed by atoms with Crippen LogP contribution in [0.4, 0.5) is 5.95 Å². The third-order valence-electron chi connectivity index (χ3n) is 2.54. The highest BCUT2D eigenvalue weighted by Gasteiger charge is 2.07. The predicted molar refractivity (Wildman–Crippen MR) is 75.6 cm³/mol. The fourth-order valence-corrected chi connectivity index (χ4v) is 2.37. The van der Waals surface area contributed by atoms with E-state index < -0.39 is 0 Å². The molecule has 0 bridgehead atoms. The first-order chi connectivity index (χ1) is 8.15. The van der Waals surface area contributed by atoms with Gasteiger partial charge in [-0.2, -0.15) is 0 Å². The summed E-state index contributed by atoms with van der Waals surface area (Å²) in [7, 11) is 0. The van der Waals surface area contributed by atoms with Gasteiger partial charge in [0, 0.05) is 22.5 Å². The maximum Gasteiger partial charge on any atom is 0.223 e. The van der Waals surface area contributed by atoms with Crippen LogP contribution in [0, 0.1) is 0 Å². The molecule has 90 valence electrons. The number of halogens is 1. The van der Waals surface area contributed by atoms with E-state index in [4.69, 9.17) is 0 Å². The number of alkyl halides is 1. The highest BCUT2D eigenvalue weighted by molar-refractivity contribution is 9.09. The van der Waals surface area contributed by atoms with Crippen molar-refractivity contribution >= 4 is 32.8 Å². The van der Waals surface area contributed by atoms with E-state index >= 15 is 0 Å². The lowest BCUT2D eigenvalue weighted by molar-refractivity contribution is 0.701. The second kappa shape index (κ2) is 5.45. The minimum Gasteiger partial charge on any atom is -0.352 e. The zero-order valence-corrected chi connectivity index (χ0v) is 11.6. The number of benzene rings is 1. The lowest BCUT2D eigenvalue weighted by atomic mass is 10.2. The Kier molecular flexibility index (Phi) is 3.94. The summed E-state index contributed by atoms with van der Waals surface area (Å²) in [6.45, 7) is 4.27. The first kappa shape index (κ1) is 12.3. The highest BCUT2D eigenvalue weighted by atomic mass is 79.9. The van der Waals surface area contributed by atoms with Gasteiger partial charge in [0.25, 0.3) is 0 Å². The molecular weight excluding hydrogens is 278 g/mol. The Morgan fingerprint density at radius 2 is 2.06 bits per heavy atom. The number of rotatable bonds is 4. The zero-order chi connectivity index (χ0) is 12.3. The molecule has 0 spiro atoms. The number of anilines is 1. The Morgan fingerprint density at radius 1 is 1.29 bits per heavy atom. The van der Waals surface area contributed by atoms with E-state index in [0.29, 0.717) is 16.8 Å². The maximum absolute atomic E-state index is 4.48. The fraction of sp³-hybridized carbons (Fsp3) is 0.385. The van der Waals surface area contributed by atoms with Gasteiger partial charge >= 0.3 is 0 Å². The lowest BCUT2D eigenvalue weighted by Gasteiger charge is -2.15. The molecule has 1 aromatic heterocycles. The summed E-state index contributed by atoms with van der Waals surface area (Å²) in [6, 6.07) is 8.35. The third kappa shape index (κ3) is 3.40. The summed E-state index contributed by atoms with van der Waals surface area (Å²) in [6.07, 6.45) is 2.89. The molecule has 2 aromatic rings. The largest absolute Gasteiger partial charge is 0.352 e. The van der Waals surface area contributed by atoms with Crippen molar-refractivity contribution in [3.63, 3.8) is 0 Å². The quantitative estimate of drug-likeness (QED) is 0.875. The molecule has 1 N–H and O–H groups in total. The molecule has 1 aromatic carbocycles. The molecule has 0 aliphatic carbocycles. The van der Waals surface area contributed by atoms with E-state index in [2.05, 4.69) is 45.1 Å². The van der Waals surface area contributed by atoms with Crippen LogP contribution in [0.2, 0.25) is 0 Å². The molecule has 2 unspecified atom stereocenters. The van der Waals surface area contributed by atoms with Gasteiger partial charge in [-0.15, -0.1) is 0 Å². The molecule has 0 radical (unpaired) electrons. The van der Waals surface area contributed by atoms with Crippen molar-refractivity contribution in [3.8, 4) is 0 Å². The minimum absolute atomic E-state index is 0.352. The molecule has 0 aliphatic rings. The summed E-state index contributed by atoms with van der Waals surface area (Å²) in [5, 5.41) is 4.38. The highest BCUT2D eigenvalue weighted by Crippen LogP contribution is 2.14. The van der Waals surface area contributed by atoms with Gasteiger partial charge in [-0.25, -0.2) is 9.97 Å². The van der Waals surface area contributed by atoms with Crippen LogP contribution < -0.4 is 5.32 Å². The monoisotopic (exact) mass is 293 g/mol. The van der Waals surface area contributed by atoms with E-state index in [0.717, 1.165) is 17.3 Å². The first-order valence-electron chi connectivity index (χ1n) is 5.77. The van der Waals surface area contributed by atoms with Gasteiger partial charge in [-0.1, -0.05) is 41.1 Å². The topological polar surface area (TPSA) is 37.8 Å². The van der Waals surface area contributed by atoms with Crippen molar-refractivity contribution in [3.05, 3.63) is 30.5 Å². The first-order valence-corrected chi connectivity index (χ1v) is 6.69. The van der Waals surface area contributed by atoms with Gasteiger partial charge in [0.2, 0.25) is 5.95 Å². The number of nitrogens with zero attached hydrogens (tertiary/aromatic N) is 2. The second-order valence-corrected chi connectivity index (χ2v) is 5.88. The predicted octanol–water partition coefficient (Wildman–Crippen LogP) is 3.60. The average Bonchev–Trinajstić information content (AvgIpc) is 2.27.